The number of rotatable bonds is 6. The molecule has 1 unspecified atom stereocenters. The topological polar surface area (TPSA) is 9.23 Å². The summed E-state index contributed by atoms with van der Waals surface area (Å²) in [5, 5.41) is 0. The van der Waals surface area contributed by atoms with Crippen molar-refractivity contribution in [3.05, 3.63) is 30.3 Å². The molecule has 1 aromatic carbocycles. The highest BCUT2D eigenvalue weighted by atomic mass is 32.2. The Hall–Kier alpha value is -0.470. The SMILES string of the molecule is CCC(C)OCCSc1ccccc1. The van der Waals surface area contributed by atoms with Crippen molar-refractivity contribution in [3.8, 4) is 0 Å². The van der Waals surface area contributed by atoms with Crippen LogP contribution < -0.4 is 0 Å². The van der Waals surface area contributed by atoms with Crippen molar-refractivity contribution in [2.24, 2.45) is 0 Å². The van der Waals surface area contributed by atoms with Gasteiger partial charge in [0.2, 0.25) is 0 Å². The molecule has 2 heteroatoms. The predicted molar refractivity (Wildman–Crippen MR) is 62.9 cm³/mol. The van der Waals surface area contributed by atoms with Gasteiger partial charge in [-0.3, -0.25) is 0 Å². The minimum atomic E-state index is 0.395. The molecular weight excluding hydrogens is 192 g/mol. The lowest BCUT2D eigenvalue weighted by atomic mass is 10.3. The smallest absolute Gasteiger partial charge is 0.0563 e. The first-order valence-electron chi connectivity index (χ1n) is 5.12. The van der Waals surface area contributed by atoms with Crippen LogP contribution in [0.2, 0.25) is 0 Å². The van der Waals surface area contributed by atoms with Gasteiger partial charge >= 0.3 is 0 Å². The molecule has 0 spiro atoms. The van der Waals surface area contributed by atoms with E-state index in [4.69, 9.17) is 4.74 Å². The van der Waals surface area contributed by atoms with E-state index >= 15 is 0 Å². The standard InChI is InChI=1S/C12H18OS/c1-3-11(2)13-9-10-14-12-7-5-4-6-8-12/h4-8,11H,3,9-10H2,1-2H3. The normalized spacial score (nSPS) is 12.7. The van der Waals surface area contributed by atoms with Gasteiger partial charge in [-0.15, -0.1) is 11.8 Å². The van der Waals surface area contributed by atoms with Gasteiger partial charge in [-0.05, 0) is 25.5 Å². The lowest BCUT2D eigenvalue weighted by Gasteiger charge is -2.09. The average Bonchev–Trinajstić information content (AvgIpc) is 2.25. The first kappa shape index (κ1) is 11.6. The molecule has 0 saturated carbocycles. The van der Waals surface area contributed by atoms with Crippen molar-refractivity contribution in [3.63, 3.8) is 0 Å². The number of hydrogen-bond acceptors (Lipinski definition) is 2. The highest BCUT2D eigenvalue weighted by Gasteiger charge is 1.97. The van der Waals surface area contributed by atoms with Crippen LogP contribution in [0.1, 0.15) is 20.3 Å². The first-order valence-corrected chi connectivity index (χ1v) is 6.11. The highest BCUT2D eigenvalue weighted by Crippen LogP contribution is 2.16. The molecule has 1 aromatic rings. The molecule has 0 radical (unpaired) electrons. The summed E-state index contributed by atoms with van der Waals surface area (Å²) in [6.45, 7) is 5.11. The van der Waals surface area contributed by atoms with Crippen molar-refractivity contribution < 1.29 is 4.74 Å². The molecule has 0 aliphatic rings. The second-order valence-corrected chi connectivity index (χ2v) is 4.42. The molecule has 78 valence electrons. The Kier molecular flexibility index (Phi) is 5.72. The minimum absolute atomic E-state index is 0.395. The Morgan fingerprint density at radius 3 is 2.64 bits per heavy atom. The van der Waals surface area contributed by atoms with Crippen molar-refractivity contribution in [1.82, 2.24) is 0 Å². The van der Waals surface area contributed by atoms with Crippen LogP contribution in [0.15, 0.2) is 35.2 Å². The van der Waals surface area contributed by atoms with Crippen molar-refractivity contribution in [1.29, 1.82) is 0 Å². The van der Waals surface area contributed by atoms with Gasteiger partial charge in [-0.2, -0.15) is 0 Å². The van der Waals surface area contributed by atoms with Crippen molar-refractivity contribution >= 4 is 11.8 Å². The third-order valence-corrected chi connectivity index (χ3v) is 3.05. The Balaban J connectivity index is 2.10. The van der Waals surface area contributed by atoms with E-state index in [1.165, 1.54) is 4.90 Å². The Morgan fingerprint density at radius 1 is 1.29 bits per heavy atom. The molecular formula is C12H18OS. The molecule has 1 atom stereocenters. The number of benzene rings is 1. The van der Waals surface area contributed by atoms with Crippen LogP contribution in [0.4, 0.5) is 0 Å². The van der Waals surface area contributed by atoms with E-state index in [1.54, 1.807) is 0 Å². The van der Waals surface area contributed by atoms with Crippen LogP contribution in [-0.2, 0) is 4.74 Å². The zero-order valence-electron chi connectivity index (χ0n) is 8.90. The van der Waals surface area contributed by atoms with Crippen LogP contribution in [-0.4, -0.2) is 18.5 Å². The monoisotopic (exact) mass is 210 g/mol. The maximum atomic E-state index is 5.59. The van der Waals surface area contributed by atoms with Gasteiger partial charge < -0.3 is 4.74 Å². The van der Waals surface area contributed by atoms with Gasteiger partial charge in [0.15, 0.2) is 0 Å². The van der Waals surface area contributed by atoms with Crippen LogP contribution in [0.3, 0.4) is 0 Å². The molecule has 1 nitrogen and oxygen atoms in total. The first-order chi connectivity index (χ1) is 6.83. The second kappa shape index (κ2) is 6.91. The lowest BCUT2D eigenvalue weighted by Crippen LogP contribution is -2.08. The lowest BCUT2D eigenvalue weighted by molar-refractivity contribution is 0.0759. The molecule has 0 fully saturated rings. The fourth-order valence-corrected chi connectivity index (χ4v) is 1.81. The van der Waals surface area contributed by atoms with Gasteiger partial charge in [0.1, 0.15) is 0 Å². The molecule has 0 bridgehead atoms. The third kappa shape index (κ3) is 4.68. The minimum Gasteiger partial charge on any atom is -0.378 e. The molecule has 0 saturated heterocycles. The summed E-state index contributed by atoms with van der Waals surface area (Å²) in [7, 11) is 0. The summed E-state index contributed by atoms with van der Waals surface area (Å²) in [4.78, 5) is 1.32. The fraction of sp³-hybridized carbons (Fsp3) is 0.500. The maximum absolute atomic E-state index is 5.59. The molecule has 0 aromatic heterocycles. The van der Waals surface area contributed by atoms with E-state index in [9.17, 15) is 0 Å². The highest BCUT2D eigenvalue weighted by molar-refractivity contribution is 7.99. The summed E-state index contributed by atoms with van der Waals surface area (Å²) in [6, 6.07) is 10.4. The zero-order chi connectivity index (χ0) is 10.2. The Bertz CT molecular complexity index is 235. The molecule has 0 aliphatic carbocycles. The van der Waals surface area contributed by atoms with E-state index in [1.807, 2.05) is 17.8 Å². The second-order valence-electron chi connectivity index (χ2n) is 3.25. The van der Waals surface area contributed by atoms with E-state index < -0.39 is 0 Å². The number of hydrogen-bond donors (Lipinski definition) is 0. The summed E-state index contributed by atoms with van der Waals surface area (Å²) in [5.74, 6) is 1.04. The van der Waals surface area contributed by atoms with Gasteiger partial charge in [0, 0.05) is 10.6 Å². The quantitative estimate of drug-likeness (QED) is 0.524. The van der Waals surface area contributed by atoms with E-state index in [2.05, 4.69) is 38.1 Å². The molecule has 0 amide bonds. The zero-order valence-corrected chi connectivity index (χ0v) is 9.72. The number of thioether (sulfide) groups is 1. The van der Waals surface area contributed by atoms with Crippen molar-refractivity contribution in [2.45, 2.75) is 31.3 Å². The van der Waals surface area contributed by atoms with Gasteiger partial charge in [0.25, 0.3) is 0 Å². The molecule has 0 aliphatic heterocycles. The van der Waals surface area contributed by atoms with Crippen LogP contribution in [0.5, 0.6) is 0 Å². The Morgan fingerprint density at radius 2 is 2.00 bits per heavy atom. The van der Waals surface area contributed by atoms with E-state index in [0.29, 0.717) is 6.10 Å². The largest absolute Gasteiger partial charge is 0.378 e. The van der Waals surface area contributed by atoms with Gasteiger partial charge in [-0.25, -0.2) is 0 Å². The van der Waals surface area contributed by atoms with Gasteiger partial charge in [0.05, 0.1) is 12.7 Å². The Labute approximate surface area is 90.9 Å². The summed E-state index contributed by atoms with van der Waals surface area (Å²) in [6.07, 6.45) is 1.49. The van der Waals surface area contributed by atoms with Crippen LogP contribution in [0, 0.1) is 0 Å². The molecule has 0 N–H and O–H groups in total. The summed E-state index contributed by atoms with van der Waals surface area (Å²) >= 11 is 1.85. The average molecular weight is 210 g/mol. The summed E-state index contributed by atoms with van der Waals surface area (Å²) < 4.78 is 5.59. The van der Waals surface area contributed by atoms with Crippen LogP contribution in [0.25, 0.3) is 0 Å². The van der Waals surface area contributed by atoms with E-state index in [0.717, 1.165) is 18.8 Å². The van der Waals surface area contributed by atoms with Gasteiger partial charge in [-0.1, -0.05) is 25.1 Å². The fourth-order valence-electron chi connectivity index (χ4n) is 1.04. The van der Waals surface area contributed by atoms with E-state index in [-0.39, 0.29) is 0 Å². The molecule has 1 rings (SSSR count). The number of ether oxygens (including phenoxy) is 1. The van der Waals surface area contributed by atoms with Crippen LogP contribution >= 0.6 is 11.8 Å². The van der Waals surface area contributed by atoms with Crippen molar-refractivity contribution in [2.75, 3.05) is 12.4 Å². The molecule has 0 heterocycles. The third-order valence-electron chi connectivity index (χ3n) is 2.07. The predicted octanol–water partition coefficient (Wildman–Crippen LogP) is 3.59. The maximum Gasteiger partial charge on any atom is 0.0563 e. The summed E-state index contributed by atoms with van der Waals surface area (Å²) in [5.41, 5.74) is 0. The molecule has 14 heavy (non-hydrogen) atoms.